The lowest BCUT2D eigenvalue weighted by atomic mass is 10.1. The van der Waals surface area contributed by atoms with Gasteiger partial charge >= 0.3 is 0 Å². The molecular formula is C13H21N3O. The molecule has 1 fully saturated rings. The lowest BCUT2D eigenvalue weighted by Gasteiger charge is -2.36. The number of aromatic nitrogens is 2. The van der Waals surface area contributed by atoms with Gasteiger partial charge in [-0.3, -0.25) is 4.98 Å². The lowest BCUT2D eigenvalue weighted by molar-refractivity contribution is -0.00549. The maximum atomic E-state index is 5.73. The Balaban J connectivity index is 2.18. The molecule has 0 amide bonds. The first-order chi connectivity index (χ1) is 8.06. The molecule has 1 aromatic rings. The van der Waals surface area contributed by atoms with Crippen molar-refractivity contribution in [3.8, 4) is 0 Å². The average Bonchev–Trinajstić information content (AvgIpc) is 2.28. The monoisotopic (exact) mass is 235 g/mol. The Kier molecular flexibility index (Phi) is 3.62. The van der Waals surface area contributed by atoms with Crippen molar-refractivity contribution >= 4 is 5.82 Å². The van der Waals surface area contributed by atoms with Crippen LogP contribution in [-0.2, 0) is 4.74 Å². The van der Waals surface area contributed by atoms with Crippen molar-refractivity contribution in [1.82, 2.24) is 9.97 Å². The Bertz CT molecular complexity index is 371. The molecule has 1 aliphatic rings. The van der Waals surface area contributed by atoms with Gasteiger partial charge in [-0.1, -0.05) is 13.8 Å². The minimum atomic E-state index is 0.253. The third-order valence-corrected chi connectivity index (χ3v) is 2.98. The summed E-state index contributed by atoms with van der Waals surface area (Å²) in [6, 6.07) is 0. The summed E-state index contributed by atoms with van der Waals surface area (Å²) in [5, 5.41) is 0. The standard InChI is InChI=1S/C13H21N3O/c1-9(2)12-5-14-6-13(15-12)16-7-10(3)17-11(4)8-16/h5-6,9-11H,7-8H2,1-4H3/t10-,11+. The highest BCUT2D eigenvalue weighted by molar-refractivity contribution is 5.37. The van der Waals surface area contributed by atoms with Gasteiger partial charge in [0.2, 0.25) is 0 Å². The third kappa shape index (κ3) is 2.94. The molecule has 17 heavy (non-hydrogen) atoms. The van der Waals surface area contributed by atoms with E-state index in [2.05, 4.69) is 42.6 Å². The van der Waals surface area contributed by atoms with E-state index in [1.165, 1.54) is 0 Å². The second-order valence-corrected chi connectivity index (χ2v) is 5.12. The minimum absolute atomic E-state index is 0.253. The van der Waals surface area contributed by atoms with Crippen molar-refractivity contribution in [2.75, 3.05) is 18.0 Å². The molecule has 0 spiro atoms. The number of ether oxygens (including phenoxy) is 1. The normalized spacial score (nSPS) is 25.4. The van der Waals surface area contributed by atoms with Crippen LogP contribution in [-0.4, -0.2) is 35.3 Å². The van der Waals surface area contributed by atoms with E-state index < -0.39 is 0 Å². The lowest BCUT2D eigenvalue weighted by Crippen LogP contribution is -2.46. The van der Waals surface area contributed by atoms with Gasteiger partial charge in [0.25, 0.3) is 0 Å². The molecule has 1 aliphatic heterocycles. The summed E-state index contributed by atoms with van der Waals surface area (Å²) in [5.41, 5.74) is 1.05. The van der Waals surface area contributed by atoms with E-state index in [0.29, 0.717) is 5.92 Å². The molecule has 0 aliphatic carbocycles. The van der Waals surface area contributed by atoms with Crippen LogP contribution in [0.4, 0.5) is 5.82 Å². The average molecular weight is 235 g/mol. The topological polar surface area (TPSA) is 38.2 Å². The van der Waals surface area contributed by atoms with E-state index in [1.54, 1.807) is 0 Å². The third-order valence-electron chi connectivity index (χ3n) is 2.98. The number of morpholine rings is 1. The Morgan fingerprint density at radius 2 is 1.88 bits per heavy atom. The predicted octanol–water partition coefficient (Wildman–Crippen LogP) is 2.21. The van der Waals surface area contributed by atoms with Crippen LogP contribution < -0.4 is 4.90 Å². The molecule has 4 heteroatoms. The molecule has 94 valence electrons. The summed E-state index contributed by atoms with van der Waals surface area (Å²) in [6.45, 7) is 10.3. The summed E-state index contributed by atoms with van der Waals surface area (Å²) >= 11 is 0. The van der Waals surface area contributed by atoms with Crippen LogP contribution in [0.25, 0.3) is 0 Å². The van der Waals surface area contributed by atoms with Gasteiger partial charge in [0, 0.05) is 19.3 Å². The summed E-state index contributed by atoms with van der Waals surface area (Å²) in [7, 11) is 0. The number of nitrogens with zero attached hydrogens (tertiary/aromatic N) is 3. The summed E-state index contributed by atoms with van der Waals surface area (Å²) in [4.78, 5) is 11.2. The molecule has 0 saturated carbocycles. The van der Waals surface area contributed by atoms with Crippen LogP contribution in [0.5, 0.6) is 0 Å². The van der Waals surface area contributed by atoms with E-state index in [-0.39, 0.29) is 12.2 Å². The fourth-order valence-electron chi connectivity index (χ4n) is 2.17. The molecule has 2 atom stereocenters. The summed E-state index contributed by atoms with van der Waals surface area (Å²) in [5.74, 6) is 1.39. The maximum absolute atomic E-state index is 5.73. The van der Waals surface area contributed by atoms with Gasteiger partial charge in [0.05, 0.1) is 24.1 Å². The van der Waals surface area contributed by atoms with Crippen LogP contribution in [0.3, 0.4) is 0 Å². The van der Waals surface area contributed by atoms with Crippen molar-refractivity contribution in [3.05, 3.63) is 18.1 Å². The van der Waals surface area contributed by atoms with Crippen molar-refractivity contribution in [3.63, 3.8) is 0 Å². The molecule has 1 aromatic heterocycles. The largest absolute Gasteiger partial charge is 0.372 e. The van der Waals surface area contributed by atoms with Gasteiger partial charge in [-0.25, -0.2) is 4.98 Å². The molecule has 2 heterocycles. The number of hydrogen-bond donors (Lipinski definition) is 0. The molecule has 2 rings (SSSR count). The predicted molar refractivity (Wildman–Crippen MR) is 68.3 cm³/mol. The number of hydrogen-bond acceptors (Lipinski definition) is 4. The van der Waals surface area contributed by atoms with E-state index in [1.807, 2.05) is 12.4 Å². The summed E-state index contributed by atoms with van der Waals surface area (Å²) in [6.07, 6.45) is 4.20. The first-order valence-corrected chi connectivity index (χ1v) is 6.28. The van der Waals surface area contributed by atoms with Crippen LogP contribution in [0.2, 0.25) is 0 Å². The Hall–Kier alpha value is -1.16. The van der Waals surface area contributed by atoms with Crippen molar-refractivity contribution in [2.45, 2.75) is 45.8 Å². The fourth-order valence-corrected chi connectivity index (χ4v) is 2.17. The maximum Gasteiger partial charge on any atom is 0.147 e. The van der Waals surface area contributed by atoms with Gasteiger partial charge in [-0.2, -0.15) is 0 Å². The van der Waals surface area contributed by atoms with E-state index in [4.69, 9.17) is 4.74 Å². The molecule has 0 radical (unpaired) electrons. The van der Waals surface area contributed by atoms with E-state index >= 15 is 0 Å². The zero-order chi connectivity index (χ0) is 12.4. The smallest absolute Gasteiger partial charge is 0.147 e. The van der Waals surface area contributed by atoms with Gasteiger partial charge < -0.3 is 9.64 Å². The SMILES string of the molecule is CC(C)c1cncc(N2C[C@@H](C)O[C@@H](C)C2)n1. The van der Waals surface area contributed by atoms with Crippen LogP contribution in [0, 0.1) is 0 Å². The Morgan fingerprint density at radius 1 is 1.24 bits per heavy atom. The molecule has 0 N–H and O–H groups in total. The molecule has 0 aromatic carbocycles. The molecule has 0 bridgehead atoms. The Labute approximate surface area is 103 Å². The zero-order valence-electron chi connectivity index (χ0n) is 11.1. The van der Waals surface area contributed by atoms with Gasteiger partial charge in [0.1, 0.15) is 5.82 Å². The number of rotatable bonds is 2. The second-order valence-electron chi connectivity index (χ2n) is 5.12. The van der Waals surface area contributed by atoms with E-state index in [0.717, 1.165) is 24.6 Å². The highest BCUT2D eigenvalue weighted by atomic mass is 16.5. The van der Waals surface area contributed by atoms with Crippen LogP contribution in [0.15, 0.2) is 12.4 Å². The highest BCUT2D eigenvalue weighted by Crippen LogP contribution is 2.19. The quantitative estimate of drug-likeness (QED) is 0.787. The fraction of sp³-hybridized carbons (Fsp3) is 0.692. The van der Waals surface area contributed by atoms with Crippen LogP contribution >= 0.6 is 0 Å². The van der Waals surface area contributed by atoms with Crippen molar-refractivity contribution in [2.24, 2.45) is 0 Å². The van der Waals surface area contributed by atoms with Crippen LogP contribution in [0.1, 0.15) is 39.3 Å². The van der Waals surface area contributed by atoms with Crippen molar-refractivity contribution < 1.29 is 4.74 Å². The second kappa shape index (κ2) is 5.00. The van der Waals surface area contributed by atoms with Gasteiger partial charge in [0.15, 0.2) is 0 Å². The van der Waals surface area contributed by atoms with Crippen molar-refractivity contribution in [1.29, 1.82) is 0 Å². The highest BCUT2D eigenvalue weighted by Gasteiger charge is 2.23. The summed E-state index contributed by atoms with van der Waals surface area (Å²) < 4.78 is 5.73. The van der Waals surface area contributed by atoms with E-state index in [9.17, 15) is 0 Å². The first-order valence-electron chi connectivity index (χ1n) is 6.28. The van der Waals surface area contributed by atoms with Gasteiger partial charge in [-0.15, -0.1) is 0 Å². The zero-order valence-corrected chi connectivity index (χ0v) is 11.1. The van der Waals surface area contributed by atoms with Gasteiger partial charge in [-0.05, 0) is 19.8 Å². The Morgan fingerprint density at radius 3 is 2.47 bits per heavy atom. The molecule has 4 nitrogen and oxygen atoms in total. The minimum Gasteiger partial charge on any atom is -0.372 e. The molecule has 0 unspecified atom stereocenters. The first kappa shape index (κ1) is 12.3. The molecular weight excluding hydrogens is 214 g/mol. The number of anilines is 1. The molecule has 1 saturated heterocycles.